The topological polar surface area (TPSA) is 88.8 Å². The second-order valence-corrected chi connectivity index (χ2v) is 9.31. The lowest BCUT2D eigenvalue weighted by Gasteiger charge is -2.17. The number of aromatic nitrogens is 5. The van der Waals surface area contributed by atoms with Crippen molar-refractivity contribution in [3.8, 4) is 16.9 Å². The Bertz CT molecular complexity index is 1400. The van der Waals surface area contributed by atoms with E-state index in [1.807, 2.05) is 50.4 Å². The van der Waals surface area contributed by atoms with Gasteiger partial charge in [-0.1, -0.05) is 29.5 Å². The summed E-state index contributed by atoms with van der Waals surface area (Å²) in [6, 6.07) is 11.8. The van der Waals surface area contributed by atoms with Crippen LogP contribution in [0.2, 0.25) is 0 Å². The van der Waals surface area contributed by atoms with E-state index in [1.165, 1.54) is 19.2 Å². The van der Waals surface area contributed by atoms with Crippen LogP contribution in [0, 0.1) is 6.92 Å². The molecule has 1 aliphatic heterocycles. The highest BCUT2D eigenvalue weighted by atomic mass is 16.1. The first-order chi connectivity index (χ1) is 17.5. The van der Waals surface area contributed by atoms with Gasteiger partial charge < -0.3 is 5.32 Å². The Morgan fingerprint density at radius 1 is 1.06 bits per heavy atom. The van der Waals surface area contributed by atoms with Crippen LogP contribution in [0.1, 0.15) is 46.8 Å². The van der Waals surface area contributed by atoms with E-state index >= 15 is 0 Å². The van der Waals surface area contributed by atoms with Gasteiger partial charge in [0.25, 0.3) is 5.91 Å². The average Bonchev–Trinajstić information content (AvgIpc) is 3.58. The minimum absolute atomic E-state index is 0.156. The van der Waals surface area contributed by atoms with Crippen molar-refractivity contribution in [3.05, 3.63) is 90.1 Å². The molecule has 2 aromatic heterocycles. The van der Waals surface area contributed by atoms with Crippen molar-refractivity contribution in [1.29, 1.82) is 0 Å². The SMILES string of the molecule is C=C(C)c1cc(CN2CCCC2)cc(C(=O)Nc2ccc(C)c(-n3cc(-c4cncnc4)nn3)c2)c1. The first kappa shape index (κ1) is 23.6. The molecule has 1 saturated heterocycles. The maximum absolute atomic E-state index is 13.3. The number of rotatable bonds is 7. The van der Waals surface area contributed by atoms with Crippen molar-refractivity contribution in [2.24, 2.45) is 0 Å². The Balaban J connectivity index is 1.39. The molecule has 2 aromatic carbocycles. The lowest BCUT2D eigenvalue weighted by Crippen LogP contribution is -2.19. The minimum atomic E-state index is -0.156. The number of amides is 1. The Kier molecular flexibility index (Phi) is 6.69. The summed E-state index contributed by atoms with van der Waals surface area (Å²) in [5, 5.41) is 11.6. The molecular weight excluding hydrogens is 450 g/mol. The summed E-state index contributed by atoms with van der Waals surface area (Å²) in [7, 11) is 0. The Morgan fingerprint density at radius 3 is 2.56 bits per heavy atom. The number of nitrogens with zero attached hydrogens (tertiary/aromatic N) is 6. The lowest BCUT2D eigenvalue weighted by molar-refractivity contribution is 0.102. The third-order valence-corrected chi connectivity index (χ3v) is 6.42. The van der Waals surface area contributed by atoms with Gasteiger partial charge in [-0.2, -0.15) is 0 Å². The zero-order chi connectivity index (χ0) is 25.1. The summed E-state index contributed by atoms with van der Waals surface area (Å²) in [4.78, 5) is 23.8. The largest absolute Gasteiger partial charge is 0.322 e. The Morgan fingerprint density at radius 2 is 1.81 bits per heavy atom. The van der Waals surface area contributed by atoms with Gasteiger partial charge in [-0.3, -0.25) is 9.69 Å². The molecule has 182 valence electrons. The molecule has 1 fully saturated rings. The quantitative estimate of drug-likeness (QED) is 0.405. The monoisotopic (exact) mass is 479 g/mol. The van der Waals surface area contributed by atoms with Gasteiger partial charge >= 0.3 is 0 Å². The zero-order valence-electron chi connectivity index (χ0n) is 20.6. The number of allylic oxidation sites excluding steroid dienone is 1. The number of anilines is 1. The summed E-state index contributed by atoms with van der Waals surface area (Å²) < 4.78 is 1.70. The van der Waals surface area contributed by atoms with Crippen LogP contribution in [0.4, 0.5) is 5.69 Å². The number of hydrogen-bond donors (Lipinski definition) is 1. The van der Waals surface area contributed by atoms with Crippen molar-refractivity contribution >= 4 is 17.2 Å². The van der Waals surface area contributed by atoms with Crippen LogP contribution in [0.3, 0.4) is 0 Å². The number of carbonyl (C=O) groups excluding carboxylic acids is 1. The van der Waals surface area contributed by atoms with Crippen LogP contribution in [-0.2, 0) is 6.54 Å². The second-order valence-electron chi connectivity index (χ2n) is 9.31. The van der Waals surface area contributed by atoms with Crippen molar-refractivity contribution in [1.82, 2.24) is 29.9 Å². The molecule has 0 unspecified atom stereocenters. The first-order valence-corrected chi connectivity index (χ1v) is 12.1. The van der Waals surface area contributed by atoms with E-state index in [9.17, 15) is 4.79 Å². The first-order valence-electron chi connectivity index (χ1n) is 12.1. The molecule has 0 bridgehead atoms. The number of carbonyl (C=O) groups is 1. The predicted molar refractivity (Wildman–Crippen MR) is 141 cm³/mol. The van der Waals surface area contributed by atoms with Crippen molar-refractivity contribution in [2.45, 2.75) is 33.2 Å². The maximum atomic E-state index is 13.3. The molecule has 8 nitrogen and oxygen atoms in total. The van der Waals surface area contributed by atoms with Gasteiger partial charge in [0.15, 0.2) is 0 Å². The Hall–Kier alpha value is -4.17. The number of likely N-dealkylation sites (tertiary alicyclic amines) is 1. The lowest BCUT2D eigenvalue weighted by atomic mass is 10.0. The number of hydrogen-bond acceptors (Lipinski definition) is 6. The normalized spacial score (nSPS) is 13.6. The van der Waals surface area contributed by atoms with Crippen LogP contribution in [-0.4, -0.2) is 48.9 Å². The molecule has 0 saturated carbocycles. The van der Waals surface area contributed by atoms with E-state index in [1.54, 1.807) is 17.1 Å². The van der Waals surface area contributed by atoms with E-state index < -0.39 is 0 Å². The molecule has 0 aliphatic carbocycles. The van der Waals surface area contributed by atoms with Gasteiger partial charge in [0.2, 0.25) is 0 Å². The van der Waals surface area contributed by atoms with Gasteiger partial charge in [0.1, 0.15) is 12.0 Å². The van der Waals surface area contributed by atoms with Crippen LogP contribution in [0.25, 0.3) is 22.5 Å². The standard InChI is InChI=1S/C28H29N7O/c1-19(2)22-10-21(16-34-8-4-5-9-34)11-23(12-22)28(36)31-25-7-6-20(3)27(13-25)35-17-26(32-33-35)24-14-29-18-30-15-24/h6-7,10-15,17-18H,1,4-5,8-9,16H2,2-3H3,(H,31,36). The summed E-state index contributed by atoms with van der Waals surface area (Å²) in [6.45, 7) is 11.1. The van der Waals surface area contributed by atoms with Crippen LogP contribution in [0.15, 0.2) is 67.9 Å². The van der Waals surface area contributed by atoms with E-state index in [2.05, 4.69) is 43.1 Å². The van der Waals surface area contributed by atoms with Gasteiger partial charge in [-0.05, 0) is 80.7 Å². The summed E-state index contributed by atoms with van der Waals surface area (Å²) in [5.74, 6) is -0.156. The zero-order valence-corrected chi connectivity index (χ0v) is 20.6. The van der Waals surface area contributed by atoms with E-state index in [0.29, 0.717) is 16.9 Å². The number of aryl methyl sites for hydroxylation is 1. The molecule has 0 spiro atoms. The smallest absolute Gasteiger partial charge is 0.255 e. The molecule has 0 radical (unpaired) electrons. The van der Waals surface area contributed by atoms with Gasteiger partial charge in [0, 0.05) is 35.8 Å². The molecule has 0 atom stereocenters. The molecule has 1 aliphatic rings. The fourth-order valence-corrected chi connectivity index (χ4v) is 4.44. The highest BCUT2D eigenvalue weighted by Gasteiger charge is 2.16. The van der Waals surface area contributed by atoms with Gasteiger partial charge in [-0.15, -0.1) is 5.10 Å². The van der Waals surface area contributed by atoms with Crippen LogP contribution in [0.5, 0.6) is 0 Å². The maximum Gasteiger partial charge on any atom is 0.255 e. The van der Waals surface area contributed by atoms with Crippen LogP contribution < -0.4 is 5.32 Å². The second kappa shape index (κ2) is 10.2. The average molecular weight is 480 g/mol. The van der Waals surface area contributed by atoms with Crippen molar-refractivity contribution in [2.75, 3.05) is 18.4 Å². The molecule has 36 heavy (non-hydrogen) atoms. The fourth-order valence-electron chi connectivity index (χ4n) is 4.44. The molecular formula is C28H29N7O. The summed E-state index contributed by atoms with van der Waals surface area (Å²) in [6.07, 6.45) is 9.16. The highest BCUT2D eigenvalue weighted by molar-refractivity contribution is 6.05. The molecule has 1 amide bonds. The number of benzene rings is 2. The number of nitrogens with one attached hydrogen (secondary N) is 1. The van der Waals surface area contributed by atoms with Crippen molar-refractivity contribution in [3.63, 3.8) is 0 Å². The molecule has 5 rings (SSSR count). The summed E-state index contributed by atoms with van der Waals surface area (Å²) >= 11 is 0. The third-order valence-electron chi connectivity index (χ3n) is 6.42. The van der Waals surface area contributed by atoms with Crippen molar-refractivity contribution < 1.29 is 4.79 Å². The van der Waals surface area contributed by atoms with Gasteiger partial charge in [-0.25, -0.2) is 14.6 Å². The predicted octanol–water partition coefficient (Wildman–Crippen LogP) is 4.91. The van der Waals surface area contributed by atoms with E-state index in [4.69, 9.17) is 0 Å². The molecule has 4 aromatic rings. The highest BCUT2D eigenvalue weighted by Crippen LogP contribution is 2.24. The van der Waals surface area contributed by atoms with E-state index in [-0.39, 0.29) is 5.91 Å². The molecule has 8 heteroatoms. The molecule has 1 N–H and O–H groups in total. The van der Waals surface area contributed by atoms with Crippen LogP contribution >= 0.6 is 0 Å². The summed E-state index contributed by atoms with van der Waals surface area (Å²) in [5.41, 5.74) is 7.66. The third kappa shape index (κ3) is 5.23. The molecule has 3 heterocycles. The van der Waals surface area contributed by atoms with Gasteiger partial charge in [0.05, 0.1) is 11.9 Å². The minimum Gasteiger partial charge on any atom is -0.322 e. The fraction of sp³-hybridized carbons (Fsp3) is 0.250. The van der Waals surface area contributed by atoms with E-state index in [0.717, 1.165) is 53.1 Å². The Labute approximate surface area is 210 Å².